The summed E-state index contributed by atoms with van der Waals surface area (Å²) in [5, 5.41) is 10.6. The van der Waals surface area contributed by atoms with Gasteiger partial charge in [0.25, 0.3) is 0 Å². The highest BCUT2D eigenvalue weighted by molar-refractivity contribution is 5.71. The largest absolute Gasteiger partial charge is 0.456 e. The zero-order chi connectivity index (χ0) is 30.3. The van der Waals surface area contributed by atoms with E-state index in [0.717, 1.165) is 16.7 Å². The predicted molar refractivity (Wildman–Crippen MR) is 160 cm³/mol. The Morgan fingerprint density at radius 1 is 0.581 bits per heavy atom. The first-order valence-corrected chi connectivity index (χ1v) is 15.0. The van der Waals surface area contributed by atoms with Gasteiger partial charge in [0.1, 0.15) is 0 Å². The van der Waals surface area contributed by atoms with Gasteiger partial charge in [-0.15, -0.1) is 0 Å². The highest BCUT2D eigenvalue weighted by Crippen LogP contribution is 2.25. The summed E-state index contributed by atoms with van der Waals surface area (Å²) in [6.07, 6.45) is -1.02. The van der Waals surface area contributed by atoms with Crippen LogP contribution >= 0.6 is 0 Å². The number of aryl methyl sites for hydroxylation is 3. The summed E-state index contributed by atoms with van der Waals surface area (Å²) in [6.45, 7) is -0.199. The van der Waals surface area contributed by atoms with Crippen LogP contribution in [0.2, 0.25) is 0 Å². The van der Waals surface area contributed by atoms with E-state index in [1.165, 1.54) is 0 Å². The average molecular weight is 589 g/mol. The summed E-state index contributed by atoms with van der Waals surface area (Å²) in [7, 11) is 0. The first kappa shape index (κ1) is 31.9. The molecule has 1 saturated heterocycles. The molecule has 0 amide bonds. The molecule has 1 fully saturated rings. The molecule has 0 aliphatic carbocycles. The molecule has 1 unspecified atom stereocenters. The highest BCUT2D eigenvalue weighted by Gasteiger charge is 2.47. The van der Waals surface area contributed by atoms with E-state index in [-0.39, 0.29) is 25.9 Å². The monoisotopic (exact) mass is 588 g/mol. The van der Waals surface area contributed by atoms with Crippen molar-refractivity contribution in [1.82, 2.24) is 0 Å². The fourth-order valence-corrected chi connectivity index (χ4v) is 5.02. The van der Waals surface area contributed by atoms with E-state index in [9.17, 15) is 19.5 Å². The van der Waals surface area contributed by atoms with E-state index in [4.69, 9.17) is 18.9 Å². The molecule has 0 saturated carbocycles. The maximum absolute atomic E-state index is 12.9. The van der Waals surface area contributed by atoms with Crippen LogP contribution in [0.1, 0.15) is 55.2 Å². The minimum atomic E-state index is -1.53. The third-order valence-electron chi connectivity index (χ3n) is 7.29. The summed E-state index contributed by atoms with van der Waals surface area (Å²) < 4.78 is 22.4. The second kappa shape index (κ2) is 17.2. The molecular weight excluding hydrogens is 548 g/mol. The Hall–Kier alpha value is -4.01. The third kappa shape index (κ3) is 11.0. The van der Waals surface area contributed by atoms with Crippen molar-refractivity contribution in [3.8, 4) is 0 Å². The molecule has 1 aliphatic heterocycles. The second-order valence-corrected chi connectivity index (χ2v) is 10.7. The smallest absolute Gasteiger partial charge is 0.306 e. The number of hydrogen-bond donors (Lipinski definition) is 1. The number of carbonyl (C=O) groups excluding carboxylic acids is 3. The fraction of sp³-hybridized carbons (Fsp3) is 0.400. The number of carbonyl (C=O) groups is 3. The number of ether oxygens (including phenoxy) is 4. The van der Waals surface area contributed by atoms with Gasteiger partial charge in [-0.3, -0.25) is 14.4 Å². The van der Waals surface area contributed by atoms with Crippen LogP contribution in [0.4, 0.5) is 0 Å². The van der Waals surface area contributed by atoms with Crippen molar-refractivity contribution >= 4 is 17.9 Å². The minimum absolute atomic E-state index is 0.0970. The molecule has 3 aromatic rings. The third-order valence-corrected chi connectivity index (χ3v) is 7.29. The minimum Gasteiger partial charge on any atom is -0.456 e. The molecule has 1 aliphatic rings. The van der Waals surface area contributed by atoms with Crippen molar-refractivity contribution in [2.75, 3.05) is 6.61 Å². The molecular formula is C35H40O8. The first-order valence-electron chi connectivity index (χ1n) is 15.0. The van der Waals surface area contributed by atoms with Crippen molar-refractivity contribution in [2.24, 2.45) is 0 Å². The van der Waals surface area contributed by atoms with Crippen molar-refractivity contribution < 1.29 is 38.4 Å². The fourth-order valence-electron chi connectivity index (χ4n) is 5.02. The van der Waals surface area contributed by atoms with E-state index in [0.29, 0.717) is 38.5 Å². The Morgan fingerprint density at radius 2 is 0.953 bits per heavy atom. The molecule has 8 nitrogen and oxygen atoms in total. The molecule has 0 radical (unpaired) electrons. The SMILES string of the molecule is O=C(CCCc1ccccc1)O[C@H]1[C@H](OC(=O)CCCc2ccccc2)COC(O)[C@@H]1OC(=O)CCCc1ccccc1. The quantitative estimate of drug-likeness (QED) is 0.192. The molecule has 8 heteroatoms. The van der Waals surface area contributed by atoms with Gasteiger partial charge in [-0.1, -0.05) is 91.0 Å². The lowest BCUT2D eigenvalue weighted by Gasteiger charge is -2.38. The number of aliphatic hydroxyl groups excluding tert-OH is 1. The summed E-state index contributed by atoms with van der Waals surface area (Å²) >= 11 is 0. The van der Waals surface area contributed by atoms with Crippen LogP contribution in [0.15, 0.2) is 91.0 Å². The van der Waals surface area contributed by atoms with E-state index >= 15 is 0 Å². The lowest BCUT2D eigenvalue weighted by Crippen LogP contribution is -2.57. The Balaban J connectivity index is 1.35. The summed E-state index contributed by atoms with van der Waals surface area (Å²) in [6, 6.07) is 29.4. The second-order valence-electron chi connectivity index (χ2n) is 10.7. The van der Waals surface area contributed by atoms with Gasteiger partial charge >= 0.3 is 17.9 Å². The molecule has 0 spiro atoms. The lowest BCUT2D eigenvalue weighted by atomic mass is 10.0. The molecule has 1 N–H and O–H groups in total. The Kier molecular flexibility index (Phi) is 12.8. The van der Waals surface area contributed by atoms with Crippen LogP contribution in [0.5, 0.6) is 0 Å². The summed E-state index contributed by atoms with van der Waals surface area (Å²) in [5.41, 5.74) is 3.31. The zero-order valence-electron chi connectivity index (χ0n) is 24.3. The number of benzene rings is 3. The van der Waals surface area contributed by atoms with E-state index < -0.39 is 42.5 Å². The summed E-state index contributed by atoms with van der Waals surface area (Å²) in [5.74, 6) is -1.59. The maximum Gasteiger partial charge on any atom is 0.306 e. The van der Waals surface area contributed by atoms with E-state index in [2.05, 4.69) is 0 Å². The van der Waals surface area contributed by atoms with Crippen molar-refractivity contribution in [3.05, 3.63) is 108 Å². The van der Waals surface area contributed by atoms with Gasteiger partial charge in [0.2, 0.25) is 0 Å². The van der Waals surface area contributed by atoms with Crippen LogP contribution in [0, 0.1) is 0 Å². The van der Waals surface area contributed by atoms with Gasteiger partial charge in [-0.05, 0) is 55.2 Å². The van der Waals surface area contributed by atoms with Crippen LogP contribution in [0.25, 0.3) is 0 Å². The first-order chi connectivity index (χ1) is 21.0. The molecule has 1 heterocycles. The van der Waals surface area contributed by atoms with Gasteiger partial charge in [0.05, 0.1) is 6.61 Å². The lowest BCUT2D eigenvalue weighted by molar-refractivity contribution is -0.268. The number of aliphatic hydroxyl groups is 1. The maximum atomic E-state index is 12.9. The van der Waals surface area contributed by atoms with E-state index in [1.54, 1.807) is 0 Å². The number of hydrogen-bond acceptors (Lipinski definition) is 8. The van der Waals surface area contributed by atoms with Crippen LogP contribution in [-0.4, -0.2) is 54.2 Å². The number of rotatable bonds is 15. The molecule has 43 heavy (non-hydrogen) atoms. The van der Waals surface area contributed by atoms with Crippen molar-refractivity contribution in [3.63, 3.8) is 0 Å². The normalized spacial score (nSPS) is 19.7. The molecule has 3 aromatic carbocycles. The van der Waals surface area contributed by atoms with Gasteiger partial charge in [-0.2, -0.15) is 0 Å². The standard InChI is InChI=1S/C35H40O8/c36-30(22-10-19-26-13-4-1-5-14-26)41-29-25-40-35(39)34(43-32(38)24-12-21-28-17-8-3-9-18-28)33(29)42-31(37)23-11-20-27-15-6-2-7-16-27/h1-9,13-18,29,33-35,39H,10-12,19-25H2/t29-,33+,34-,35?/m1/s1. The Morgan fingerprint density at radius 3 is 1.37 bits per heavy atom. The van der Waals surface area contributed by atoms with Gasteiger partial charge in [-0.25, -0.2) is 0 Å². The van der Waals surface area contributed by atoms with Crippen molar-refractivity contribution in [2.45, 2.75) is 82.4 Å². The zero-order valence-corrected chi connectivity index (χ0v) is 24.3. The molecule has 0 aromatic heterocycles. The Labute approximate surface area is 252 Å². The van der Waals surface area contributed by atoms with Crippen LogP contribution in [-0.2, 0) is 52.6 Å². The molecule has 228 valence electrons. The van der Waals surface area contributed by atoms with Gasteiger partial charge in [0.15, 0.2) is 24.6 Å². The highest BCUT2D eigenvalue weighted by atomic mass is 16.7. The Bertz CT molecular complexity index is 1260. The van der Waals surface area contributed by atoms with Crippen molar-refractivity contribution in [1.29, 1.82) is 0 Å². The average Bonchev–Trinajstić information content (AvgIpc) is 3.02. The van der Waals surface area contributed by atoms with Gasteiger partial charge < -0.3 is 24.1 Å². The van der Waals surface area contributed by atoms with Crippen LogP contribution < -0.4 is 0 Å². The van der Waals surface area contributed by atoms with Gasteiger partial charge in [0, 0.05) is 19.3 Å². The van der Waals surface area contributed by atoms with E-state index in [1.807, 2.05) is 91.0 Å². The molecule has 0 bridgehead atoms. The number of esters is 3. The van der Waals surface area contributed by atoms with Crippen LogP contribution in [0.3, 0.4) is 0 Å². The summed E-state index contributed by atoms with van der Waals surface area (Å²) in [4.78, 5) is 38.4. The topological polar surface area (TPSA) is 108 Å². The molecule has 4 atom stereocenters. The molecule has 4 rings (SSSR count). The predicted octanol–water partition coefficient (Wildman–Crippen LogP) is 5.14.